The van der Waals surface area contributed by atoms with Crippen LogP contribution < -0.4 is 10.0 Å². The van der Waals surface area contributed by atoms with Crippen LogP contribution in [0.3, 0.4) is 0 Å². The molecule has 1 amide bonds. The van der Waals surface area contributed by atoms with Gasteiger partial charge in [0, 0.05) is 17.8 Å². The van der Waals surface area contributed by atoms with E-state index >= 15 is 0 Å². The Morgan fingerprint density at radius 2 is 1.88 bits per heavy atom. The molecule has 0 heterocycles. The summed E-state index contributed by atoms with van der Waals surface area (Å²) in [6, 6.07) is 5.99. The zero-order chi connectivity index (χ0) is 12.9. The maximum absolute atomic E-state index is 11.4. The van der Waals surface area contributed by atoms with Gasteiger partial charge in [0.05, 0.1) is 12.9 Å². The maximum Gasteiger partial charge on any atom is 0.251 e. The van der Waals surface area contributed by atoms with Crippen LogP contribution in [0.15, 0.2) is 24.3 Å². The van der Waals surface area contributed by atoms with Crippen LogP contribution in [0.1, 0.15) is 10.4 Å². The summed E-state index contributed by atoms with van der Waals surface area (Å²) in [4.78, 5) is 11.4. The number of hydrogen-bond donors (Lipinski definition) is 3. The molecule has 1 aromatic rings. The fraction of sp³-hybridized carbons (Fsp3) is 0.300. The van der Waals surface area contributed by atoms with E-state index in [1.807, 2.05) is 0 Å². The number of aliphatic hydroxyl groups excluding tert-OH is 1. The van der Waals surface area contributed by atoms with E-state index in [4.69, 9.17) is 5.11 Å². The molecule has 0 unspecified atom stereocenters. The average Bonchev–Trinajstić information content (AvgIpc) is 2.24. The Morgan fingerprint density at radius 3 is 2.35 bits per heavy atom. The monoisotopic (exact) mass is 258 g/mol. The van der Waals surface area contributed by atoms with Gasteiger partial charge >= 0.3 is 0 Å². The molecule has 0 saturated heterocycles. The topological polar surface area (TPSA) is 95.5 Å². The van der Waals surface area contributed by atoms with Crippen LogP contribution in [-0.2, 0) is 10.0 Å². The predicted molar refractivity (Wildman–Crippen MR) is 64.3 cm³/mol. The Labute approximate surface area is 99.7 Å². The van der Waals surface area contributed by atoms with Crippen LogP contribution in [0.2, 0.25) is 0 Å². The molecule has 7 heteroatoms. The first-order valence-corrected chi connectivity index (χ1v) is 6.78. The molecule has 0 aliphatic rings. The number of carbonyl (C=O) groups is 1. The van der Waals surface area contributed by atoms with E-state index in [-0.39, 0.29) is 19.1 Å². The summed E-state index contributed by atoms with van der Waals surface area (Å²) in [5, 5.41) is 11.0. The van der Waals surface area contributed by atoms with E-state index in [0.717, 1.165) is 6.26 Å². The third kappa shape index (κ3) is 4.83. The largest absolute Gasteiger partial charge is 0.395 e. The van der Waals surface area contributed by atoms with Crippen molar-refractivity contribution in [3.8, 4) is 0 Å². The highest BCUT2D eigenvalue weighted by Crippen LogP contribution is 2.10. The van der Waals surface area contributed by atoms with E-state index < -0.39 is 10.0 Å². The first-order chi connectivity index (χ1) is 7.92. The van der Waals surface area contributed by atoms with Crippen molar-refractivity contribution in [2.45, 2.75) is 0 Å². The van der Waals surface area contributed by atoms with Crippen LogP contribution in [0.25, 0.3) is 0 Å². The lowest BCUT2D eigenvalue weighted by Crippen LogP contribution is -2.26. The van der Waals surface area contributed by atoms with Gasteiger partial charge in [0.1, 0.15) is 0 Å². The second kappa shape index (κ2) is 5.65. The number of sulfonamides is 1. The lowest BCUT2D eigenvalue weighted by molar-refractivity contribution is 0.0945. The van der Waals surface area contributed by atoms with Crippen molar-refractivity contribution in [3.63, 3.8) is 0 Å². The third-order valence-electron chi connectivity index (χ3n) is 1.85. The van der Waals surface area contributed by atoms with E-state index in [9.17, 15) is 13.2 Å². The van der Waals surface area contributed by atoms with Gasteiger partial charge in [-0.15, -0.1) is 0 Å². The van der Waals surface area contributed by atoms with Gasteiger partial charge in [-0.1, -0.05) is 0 Å². The number of aliphatic hydroxyl groups is 1. The minimum absolute atomic E-state index is 0.126. The number of amides is 1. The lowest BCUT2D eigenvalue weighted by Gasteiger charge is -2.06. The minimum Gasteiger partial charge on any atom is -0.395 e. The van der Waals surface area contributed by atoms with Gasteiger partial charge in [-0.2, -0.15) is 0 Å². The second-order valence-electron chi connectivity index (χ2n) is 3.43. The number of rotatable bonds is 5. The Balaban J connectivity index is 2.71. The highest BCUT2D eigenvalue weighted by Gasteiger charge is 2.05. The van der Waals surface area contributed by atoms with Crippen LogP contribution in [-0.4, -0.2) is 38.8 Å². The van der Waals surface area contributed by atoms with Gasteiger partial charge in [-0.05, 0) is 24.3 Å². The highest BCUT2D eigenvalue weighted by atomic mass is 32.2. The van der Waals surface area contributed by atoms with Crippen LogP contribution in [0.4, 0.5) is 5.69 Å². The summed E-state index contributed by atoms with van der Waals surface area (Å²) < 4.78 is 24.2. The van der Waals surface area contributed by atoms with Gasteiger partial charge < -0.3 is 10.4 Å². The standard InChI is InChI=1S/C10H14N2O4S/c1-17(15,16)12-9-4-2-8(3-5-9)10(14)11-6-7-13/h2-5,12-13H,6-7H2,1H3,(H,11,14). The molecule has 0 spiro atoms. The van der Waals surface area contributed by atoms with Crippen molar-refractivity contribution in [3.05, 3.63) is 29.8 Å². The van der Waals surface area contributed by atoms with Gasteiger partial charge in [-0.25, -0.2) is 8.42 Å². The Bertz CT molecular complexity index is 482. The molecule has 1 rings (SSSR count). The van der Waals surface area contributed by atoms with Crippen molar-refractivity contribution >= 4 is 21.6 Å². The number of hydrogen-bond acceptors (Lipinski definition) is 4. The summed E-state index contributed by atoms with van der Waals surface area (Å²) in [6.45, 7) is 0.0572. The Morgan fingerprint density at radius 1 is 1.29 bits per heavy atom. The lowest BCUT2D eigenvalue weighted by atomic mass is 10.2. The molecule has 0 aliphatic carbocycles. The van der Waals surface area contributed by atoms with Gasteiger partial charge in [-0.3, -0.25) is 9.52 Å². The normalized spacial score (nSPS) is 10.9. The van der Waals surface area contributed by atoms with E-state index in [1.54, 1.807) is 0 Å². The fourth-order valence-corrected chi connectivity index (χ4v) is 1.74. The average molecular weight is 258 g/mol. The second-order valence-corrected chi connectivity index (χ2v) is 5.18. The molecule has 1 aromatic carbocycles. The molecule has 0 aromatic heterocycles. The Hall–Kier alpha value is -1.60. The summed E-state index contributed by atoms with van der Waals surface area (Å²) in [5.41, 5.74) is 0.795. The first-order valence-electron chi connectivity index (χ1n) is 4.89. The summed E-state index contributed by atoms with van der Waals surface area (Å²) in [6.07, 6.45) is 1.05. The Kier molecular flexibility index (Phi) is 4.47. The summed E-state index contributed by atoms with van der Waals surface area (Å²) in [7, 11) is -3.31. The smallest absolute Gasteiger partial charge is 0.251 e. The molecule has 94 valence electrons. The van der Waals surface area contributed by atoms with E-state index in [2.05, 4.69) is 10.0 Å². The molecule has 0 fully saturated rings. The van der Waals surface area contributed by atoms with Crippen LogP contribution >= 0.6 is 0 Å². The van der Waals surface area contributed by atoms with Crippen LogP contribution in [0.5, 0.6) is 0 Å². The molecule has 0 saturated carbocycles. The summed E-state index contributed by atoms with van der Waals surface area (Å²) in [5.74, 6) is -0.315. The van der Waals surface area contributed by atoms with Crippen molar-refractivity contribution in [1.29, 1.82) is 0 Å². The summed E-state index contributed by atoms with van der Waals surface area (Å²) >= 11 is 0. The third-order valence-corrected chi connectivity index (χ3v) is 2.45. The van der Waals surface area contributed by atoms with Gasteiger partial charge in [0.2, 0.25) is 10.0 Å². The quantitative estimate of drug-likeness (QED) is 0.680. The van der Waals surface area contributed by atoms with E-state index in [1.165, 1.54) is 24.3 Å². The zero-order valence-corrected chi connectivity index (χ0v) is 10.1. The number of anilines is 1. The predicted octanol–water partition coefficient (Wildman–Crippen LogP) is -0.220. The molecular formula is C10H14N2O4S. The number of nitrogens with one attached hydrogen (secondary N) is 2. The first kappa shape index (κ1) is 13.5. The highest BCUT2D eigenvalue weighted by molar-refractivity contribution is 7.92. The molecule has 0 radical (unpaired) electrons. The number of carbonyl (C=O) groups excluding carboxylic acids is 1. The van der Waals surface area contributed by atoms with Gasteiger partial charge in [0.25, 0.3) is 5.91 Å². The molecule has 3 N–H and O–H groups in total. The fourth-order valence-electron chi connectivity index (χ4n) is 1.18. The SMILES string of the molecule is CS(=O)(=O)Nc1ccc(C(=O)NCCO)cc1. The molecule has 0 atom stereocenters. The van der Waals surface area contributed by atoms with Crippen molar-refractivity contribution in [2.24, 2.45) is 0 Å². The molecular weight excluding hydrogens is 244 g/mol. The van der Waals surface area contributed by atoms with Crippen molar-refractivity contribution in [2.75, 3.05) is 24.1 Å². The van der Waals surface area contributed by atoms with Crippen LogP contribution in [0, 0.1) is 0 Å². The molecule has 17 heavy (non-hydrogen) atoms. The van der Waals surface area contributed by atoms with Crippen molar-refractivity contribution in [1.82, 2.24) is 5.32 Å². The zero-order valence-electron chi connectivity index (χ0n) is 9.30. The number of benzene rings is 1. The molecule has 0 aliphatic heterocycles. The maximum atomic E-state index is 11.4. The molecule has 6 nitrogen and oxygen atoms in total. The van der Waals surface area contributed by atoms with Crippen molar-refractivity contribution < 1.29 is 18.3 Å². The minimum atomic E-state index is -3.31. The van der Waals surface area contributed by atoms with Gasteiger partial charge in [0.15, 0.2) is 0 Å². The molecule has 0 bridgehead atoms. The van der Waals surface area contributed by atoms with E-state index in [0.29, 0.717) is 11.3 Å².